The molecule has 298 valence electrons. The molecule has 0 spiro atoms. The molecule has 3 saturated carbocycles. The second-order valence-corrected chi connectivity index (χ2v) is 18.9. The highest BCUT2D eigenvalue weighted by Gasteiger charge is 2.62. The maximum atomic E-state index is 14.7. The first kappa shape index (κ1) is 38.9. The first-order valence-electron chi connectivity index (χ1n) is 19.7. The molecule has 3 N–H and O–H groups in total. The number of alkyl carbamates (subject to hydrolysis) is 1. The van der Waals surface area contributed by atoms with Crippen molar-refractivity contribution >= 4 is 46.0 Å². The van der Waals surface area contributed by atoms with E-state index in [1.165, 1.54) is 11.0 Å². The highest BCUT2D eigenvalue weighted by atomic mass is 32.2. The molecule has 5 atom stereocenters. The minimum Gasteiger partial charge on any atom is -0.449 e. The standard InChI is InChI=1S/C40H53N5O9S/c1-4-28-20-40(28,36(48)43-55(51,52)30-16-17-30)42-34(46)32-19-29-22-45(32)35(47)33(26-12-6-5-7-13-26)41-37(49)53-24-39(2,3)18-9-8-11-25-14-10-15-27-21-44(23-31(25)27)38(50)54-29/h4,8,10-11,14-15,26,28-30,32-33H,1,5-7,9,12-13,16-24H2,2-3H3,(H,41,49)(H,42,46)(H,43,48)/b11-8+/t28-,29+,32-,33-,40+/m0/s1. The van der Waals surface area contributed by atoms with Crippen molar-refractivity contribution < 1.29 is 41.9 Å². The number of allylic oxidation sites excluding steroid dienone is 1. The zero-order chi connectivity index (χ0) is 39.1. The number of carbonyl (C=O) groups excluding carboxylic acids is 5. The summed E-state index contributed by atoms with van der Waals surface area (Å²) in [5, 5.41) is 4.99. The molecule has 0 aromatic heterocycles. The van der Waals surface area contributed by atoms with E-state index >= 15 is 0 Å². The van der Waals surface area contributed by atoms with Gasteiger partial charge in [-0.3, -0.25) is 24.0 Å². The van der Waals surface area contributed by atoms with Crippen molar-refractivity contribution in [2.45, 2.75) is 127 Å². The number of benzene rings is 1. The Kier molecular flexibility index (Phi) is 10.8. The number of fused-ring (bicyclic) bond motifs is 3. The molecule has 3 heterocycles. The SMILES string of the molecule is C=C[C@H]1C[C@]1(NC(=O)[C@@H]1C[C@@H]2CN1C(=O)[C@H](C1CCCCC1)NC(=O)OCC(C)(C)CC/C=C/c1cccc3c1CN(C3)C(=O)O2)C(=O)NS(=O)(=O)C1CC1. The Morgan fingerprint density at radius 3 is 2.53 bits per heavy atom. The third-order valence-corrected chi connectivity index (χ3v) is 14.0. The summed E-state index contributed by atoms with van der Waals surface area (Å²) in [7, 11) is -3.91. The smallest absolute Gasteiger partial charge is 0.410 e. The number of hydrogen-bond acceptors (Lipinski definition) is 9. The number of hydrogen-bond donors (Lipinski definition) is 3. The Labute approximate surface area is 322 Å². The summed E-state index contributed by atoms with van der Waals surface area (Å²) in [6, 6.07) is 3.75. The van der Waals surface area contributed by atoms with Crippen molar-refractivity contribution in [1.29, 1.82) is 0 Å². The number of cyclic esters (lactones) is 1. The van der Waals surface area contributed by atoms with Crippen LogP contribution in [0.4, 0.5) is 9.59 Å². The maximum absolute atomic E-state index is 14.7. The topological polar surface area (TPSA) is 181 Å². The predicted octanol–water partition coefficient (Wildman–Crippen LogP) is 4.29. The Hall–Kier alpha value is -4.40. The summed E-state index contributed by atoms with van der Waals surface area (Å²) in [4.78, 5) is 72.7. The number of ether oxygens (including phenoxy) is 2. The Morgan fingerprint density at radius 1 is 1.05 bits per heavy atom. The van der Waals surface area contributed by atoms with Crippen LogP contribution in [-0.2, 0) is 47.0 Å². The quantitative estimate of drug-likeness (QED) is 0.341. The number of sulfonamides is 1. The van der Waals surface area contributed by atoms with Gasteiger partial charge in [0.1, 0.15) is 23.7 Å². The first-order valence-corrected chi connectivity index (χ1v) is 21.2. The van der Waals surface area contributed by atoms with Gasteiger partial charge in [-0.2, -0.15) is 0 Å². The van der Waals surface area contributed by atoms with E-state index in [1.807, 2.05) is 32.0 Å². The second kappa shape index (κ2) is 15.3. The molecule has 4 bridgehead atoms. The molecule has 4 fully saturated rings. The van der Waals surface area contributed by atoms with Crippen LogP contribution in [0.25, 0.3) is 6.08 Å². The Balaban J connectivity index is 1.18. The monoisotopic (exact) mass is 779 g/mol. The second-order valence-electron chi connectivity index (χ2n) is 17.0. The molecule has 6 aliphatic rings. The van der Waals surface area contributed by atoms with Crippen LogP contribution < -0.4 is 15.4 Å². The van der Waals surface area contributed by atoms with Gasteiger partial charge in [0.2, 0.25) is 21.8 Å². The van der Waals surface area contributed by atoms with Crippen molar-refractivity contribution in [3.63, 3.8) is 0 Å². The van der Waals surface area contributed by atoms with Crippen LogP contribution in [-0.4, -0.2) is 90.3 Å². The minimum absolute atomic E-state index is 0.0645. The number of amides is 5. The normalized spacial score (nSPS) is 30.7. The van der Waals surface area contributed by atoms with Crippen LogP contribution in [0.5, 0.6) is 0 Å². The van der Waals surface area contributed by atoms with E-state index < -0.39 is 74.8 Å². The van der Waals surface area contributed by atoms with Crippen LogP contribution >= 0.6 is 0 Å². The summed E-state index contributed by atoms with van der Waals surface area (Å²) in [5.41, 5.74) is 1.10. The molecule has 15 heteroatoms. The van der Waals surface area contributed by atoms with Gasteiger partial charge >= 0.3 is 12.2 Å². The van der Waals surface area contributed by atoms with E-state index in [0.717, 1.165) is 48.8 Å². The lowest BCUT2D eigenvalue weighted by Gasteiger charge is -2.35. The van der Waals surface area contributed by atoms with E-state index in [4.69, 9.17) is 9.47 Å². The van der Waals surface area contributed by atoms with Gasteiger partial charge in [0.25, 0.3) is 5.91 Å². The van der Waals surface area contributed by atoms with Crippen LogP contribution in [0.2, 0.25) is 0 Å². The summed E-state index contributed by atoms with van der Waals surface area (Å²) in [6.07, 6.45) is 10.0. The van der Waals surface area contributed by atoms with E-state index in [1.54, 1.807) is 4.90 Å². The molecule has 14 nitrogen and oxygen atoms in total. The van der Waals surface area contributed by atoms with Gasteiger partial charge in [-0.05, 0) is 73.0 Å². The Bertz CT molecular complexity index is 1870. The predicted molar refractivity (Wildman–Crippen MR) is 202 cm³/mol. The van der Waals surface area contributed by atoms with E-state index in [-0.39, 0.29) is 37.3 Å². The molecule has 3 aliphatic heterocycles. The lowest BCUT2D eigenvalue weighted by atomic mass is 9.83. The first-order chi connectivity index (χ1) is 26.2. The van der Waals surface area contributed by atoms with Crippen molar-refractivity contribution in [3.8, 4) is 0 Å². The molecule has 7 rings (SSSR count). The molecule has 1 saturated heterocycles. The molecule has 1 aromatic carbocycles. The maximum Gasteiger partial charge on any atom is 0.410 e. The van der Waals surface area contributed by atoms with Crippen LogP contribution in [0.3, 0.4) is 0 Å². The van der Waals surface area contributed by atoms with Crippen LogP contribution in [0.1, 0.15) is 101 Å². The summed E-state index contributed by atoms with van der Waals surface area (Å²) in [6.45, 7) is 8.52. The van der Waals surface area contributed by atoms with Gasteiger partial charge in [-0.25, -0.2) is 18.0 Å². The highest BCUT2D eigenvalue weighted by molar-refractivity contribution is 7.91. The zero-order valence-corrected chi connectivity index (χ0v) is 32.5. The number of rotatable bonds is 7. The van der Waals surface area contributed by atoms with Gasteiger partial charge < -0.3 is 25.0 Å². The molecular formula is C40H53N5O9S. The lowest BCUT2D eigenvalue weighted by molar-refractivity contribution is -0.142. The average Bonchev–Trinajstić information content (AvgIpc) is 4.05. The fourth-order valence-corrected chi connectivity index (χ4v) is 9.92. The van der Waals surface area contributed by atoms with Crippen LogP contribution in [0, 0.1) is 17.3 Å². The Morgan fingerprint density at radius 2 is 1.82 bits per heavy atom. The molecule has 3 aliphatic carbocycles. The molecular weight excluding hydrogens is 727 g/mol. The van der Waals surface area contributed by atoms with E-state index in [2.05, 4.69) is 34.1 Å². The average molecular weight is 780 g/mol. The molecule has 55 heavy (non-hydrogen) atoms. The third-order valence-electron chi connectivity index (χ3n) is 12.2. The molecule has 5 amide bonds. The van der Waals surface area contributed by atoms with E-state index in [9.17, 15) is 32.4 Å². The molecule has 1 aromatic rings. The lowest BCUT2D eigenvalue weighted by Crippen LogP contribution is -2.59. The van der Waals surface area contributed by atoms with Gasteiger partial charge in [0, 0.05) is 18.9 Å². The fraction of sp³-hybridized carbons (Fsp3) is 0.625. The van der Waals surface area contributed by atoms with E-state index in [0.29, 0.717) is 38.8 Å². The fourth-order valence-electron chi connectivity index (χ4n) is 8.56. The zero-order valence-electron chi connectivity index (χ0n) is 31.7. The molecule has 0 unspecified atom stereocenters. The molecule has 0 radical (unpaired) electrons. The highest BCUT2D eigenvalue weighted by Crippen LogP contribution is 2.45. The van der Waals surface area contributed by atoms with Crippen LogP contribution in [0.15, 0.2) is 36.9 Å². The van der Waals surface area contributed by atoms with Crippen molar-refractivity contribution in [2.75, 3.05) is 13.2 Å². The third kappa shape index (κ3) is 8.41. The van der Waals surface area contributed by atoms with Gasteiger partial charge in [0.15, 0.2) is 0 Å². The van der Waals surface area contributed by atoms with Crippen molar-refractivity contribution in [2.24, 2.45) is 17.3 Å². The number of nitrogens with zero attached hydrogens (tertiary/aromatic N) is 2. The van der Waals surface area contributed by atoms with Gasteiger partial charge in [-0.1, -0.05) is 69.5 Å². The minimum atomic E-state index is -3.91. The number of nitrogens with one attached hydrogen (secondary N) is 3. The number of carbonyl (C=O) groups is 5. The van der Waals surface area contributed by atoms with Gasteiger partial charge in [-0.15, -0.1) is 6.58 Å². The summed E-state index contributed by atoms with van der Waals surface area (Å²) < 4.78 is 39.4. The summed E-state index contributed by atoms with van der Waals surface area (Å²) in [5.74, 6) is -2.80. The summed E-state index contributed by atoms with van der Waals surface area (Å²) >= 11 is 0. The van der Waals surface area contributed by atoms with Gasteiger partial charge in [0.05, 0.1) is 24.9 Å². The van der Waals surface area contributed by atoms with Crippen molar-refractivity contribution in [1.82, 2.24) is 25.2 Å². The van der Waals surface area contributed by atoms with Crippen molar-refractivity contribution in [3.05, 3.63) is 53.6 Å². The largest absolute Gasteiger partial charge is 0.449 e.